The van der Waals surface area contributed by atoms with Crippen molar-refractivity contribution in [3.05, 3.63) is 142 Å². The van der Waals surface area contributed by atoms with E-state index in [1.807, 2.05) is 0 Å². The molecule has 3 aliphatic rings. The zero-order valence-corrected chi connectivity index (χ0v) is 21.6. The van der Waals surface area contributed by atoms with Gasteiger partial charge >= 0.3 is 0 Å². The van der Waals surface area contributed by atoms with Crippen molar-refractivity contribution in [1.29, 1.82) is 0 Å². The number of Topliss-reactive ketones (excluding diaryl/α,β-unsaturated/α-hetero) is 3. The van der Waals surface area contributed by atoms with E-state index in [1.54, 1.807) is 71.6 Å². The van der Waals surface area contributed by atoms with Crippen molar-refractivity contribution >= 4 is 40.7 Å². The molecular weight excluding hydrogens is 532 g/mol. The molecule has 0 bridgehead atoms. The Kier molecular flexibility index (Phi) is 5.41. The Morgan fingerprint density at radius 1 is 0.825 bits per heavy atom. The highest BCUT2D eigenvalue weighted by molar-refractivity contribution is 6.35. The maximum Gasteiger partial charge on any atom is 0.187 e. The fourth-order valence-electron chi connectivity index (χ4n) is 6.84. The summed E-state index contributed by atoms with van der Waals surface area (Å²) < 4.78 is 30.1. The first-order valence-corrected chi connectivity index (χ1v) is 13.2. The summed E-state index contributed by atoms with van der Waals surface area (Å²) in [6.45, 7) is 0. The van der Waals surface area contributed by atoms with Crippen molar-refractivity contribution in [2.75, 3.05) is 4.90 Å². The fourth-order valence-corrected chi connectivity index (χ4v) is 7.07. The predicted octanol–water partition coefficient (Wildman–Crippen LogP) is 6.93. The van der Waals surface area contributed by atoms with E-state index in [2.05, 4.69) is 0 Å². The minimum absolute atomic E-state index is 0.0777. The number of carbonyl (C=O) groups is 3. The normalized spacial score (nSPS) is 21.9. The van der Waals surface area contributed by atoms with E-state index >= 15 is 4.39 Å². The Balaban J connectivity index is 1.58. The van der Waals surface area contributed by atoms with Crippen LogP contribution in [-0.2, 0) is 0 Å². The molecule has 0 unspecified atom stereocenters. The van der Waals surface area contributed by atoms with Gasteiger partial charge in [0.2, 0.25) is 0 Å². The number of hydrogen-bond acceptors (Lipinski definition) is 4. The van der Waals surface area contributed by atoms with Crippen molar-refractivity contribution in [2.45, 2.75) is 18.0 Å². The van der Waals surface area contributed by atoms with Gasteiger partial charge in [-0.3, -0.25) is 14.4 Å². The van der Waals surface area contributed by atoms with Gasteiger partial charge in [0.05, 0.1) is 11.1 Å². The zero-order valence-electron chi connectivity index (χ0n) is 20.9. The van der Waals surface area contributed by atoms with Crippen molar-refractivity contribution < 1.29 is 23.2 Å². The number of hydrogen-bond donors (Lipinski definition) is 0. The highest BCUT2D eigenvalue weighted by Crippen LogP contribution is 2.61. The van der Waals surface area contributed by atoms with Crippen LogP contribution in [0, 0.1) is 17.0 Å². The summed E-state index contributed by atoms with van der Waals surface area (Å²) in [5.74, 6) is -3.74. The van der Waals surface area contributed by atoms with Crippen LogP contribution in [0.2, 0.25) is 5.02 Å². The van der Waals surface area contributed by atoms with E-state index < -0.39 is 52.4 Å². The van der Waals surface area contributed by atoms with Gasteiger partial charge in [-0.25, -0.2) is 8.78 Å². The van der Waals surface area contributed by atoms with Crippen LogP contribution in [0.1, 0.15) is 48.1 Å². The molecule has 3 atom stereocenters. The number of ketones is 3. The summed E-state index contributed by atoms with van der Waals surface area (Å²) in [7, 11) is 0. The topological polar surface area (TPSA) is 54.5 Å². The van der Waals surface area contributed by atoms with Gasteiger partial charge in [-0.1, -0.05) is 78.4 Å². The Morgan fingerprint density at radius 3 is 2.17 bits per heavy atom. The molecule has 1 fully saturated rings. The van der Waals surface area contributed by atoms with E-state index in [1.165, 1.54) is 36.4 Å². The van der Waals surface area contributed by atoms with Crippen LogP contribution in [-0.4, -0.2) is 29.4 Å². The van der Waals surface area contributed by atoms with Gasteiger partial charge in [-0.05, 0) is 42.0 Å². The summed E-state index contributed by atoms with van der Waals surface area (Å²) in [5.41, 5.74) is -0.178. The number of anilines is 1. The highest BCUT2D eigenvalue weighted by Gasteiger charge is 2.72. The second-order valence-corrected chi connectivity index (χ2v) is 10.7. The lowest BCUT2D eigenvalue weighted by atomic mass is 9.64. The van der Waals surface area contributed by atoms with Crippen LogP contribution >= 0.6 is 11.6 Å². The largest absolute Gasteiger partial charge is 0.352 e. The summed E-state index contributed by atoms with van der Waals surface area (Å²) in [6.07, 6.45) is 3.32. The van der Waals surface area contributed by atoms with E-state index in [9.17, 15) is 18.8 Å². The third-order valence-electron chi connectivity index (χ3n) is 8.41. The van der Waals surface area contributed by atoms with Crippen molar-refractivity contribution in [2.24, 2.45) is 5.41 Å². The molecule has 0 radical (unpaired) electrons. The number of benzene rings is 4. The standard InChI is InChI=1S/C33H20ClF2NO3/c34-24-11-5-3-9-22(24)30(38)29-28(23-10-4-6-12-25(23)36)33(31(39)20-7-1-2-8-21(20)32(33)40)27-16-13-18-17-19(35)14-15-26(18)37(27)29/h1-17,27-29H/t27-,28-,29+/m0/s1. The number of fused-ring (bicyclic) bond motifs is 5. The number of nitrogens with zero attached hydrogens (tertiary/aromatic N) is 1. The molecule has 0 saturated carbocycles. The van der Waals surface area contributed by atoms with Crippen molar-refractivity contribution in [1.82, 2.24) is 0 Å². The molecule has 4 nitrogen and oxygen atoms in total. The van der Waals surface area contributed by atoms with E-state index in [-0.39, 0.29) is 27.3 Å². The van der Waals surface area contributed by atoms with Crippen LogP contribution in [0.3, 0.4) is 0 Å². The molecule has 7 heteroatoms. The molecule has 2 heterocycles. The quantitative estimate of drug-likeness (QED) is 0.204. The number of carbonyl (C=O) groups excluding carboxylic acids is 3. The van der Waals surface area contributed by atoms with Gasteiger partial charge in [-0.15, -0.1) is 0 Å². The van der Waals surface area contributed by atoms with Gasteiger partial charge in [0.25, 0.3) is 0 Å². The first-order chi connectivity index (χ1) is 19.4. The van der Waals surface area contributed by atoms with Gasteiger partial charge < -0.3 is 4.90 Å². The van der Waals surface area contributed by atoms with E-state index in [0.29, 0.717) is 11.3 Å². The molecule has 2 aliphatic heterocycles. The van der Waals surface area contributed by atoms with Crippen LogP contribution in [0.15, 0.2) is 97.1 Å². The highest BCUT2D eigenvalue weighted by atomic mass is 35.5. The second kappa shape index (κ2) is 8.80. The maximum atomic E-state index is 15.8. The molecule has 0 amide bonds. The van der Waals surface area contributed by atoms with Gasteiger partial charge in [0, 0.05) is 33.9 Å². The Hall–Kier alpha value is -4.42. The Labute approximate surface area is 233 Å². The molecule has 1 aliphatic carbocycles. The average molecular weight is 552 g/mol. The van der Waals surface area contributed by atoms with E-state index in [4.69, 9.17) is 11.6 Å². The molecule has 4 aromatic rings. The fraction of sp³-hybridized carbons (Fsp3) is 0.121. The minimum Gasteiger partial charge on any atom is -0.352 e. The van der Waals surface area contributed by atoms with Gasteiger partial charge in [-0.2, -0.15) is 0 Å². The van der Waals surface area contributed by atoms with Crippen LogP contribution < -0.4 is 4.90 Å². The smallest absolute Gasteiger partial charge is 0.187 e. The molecule has 0 aromatic heterocycles. The first-order valence-electron chi connectivity index (χ1n) is 12.8. The van der Waals surface area contributed by atoms with Crippen LogP contribution in [0.4, 0.5) is 14.5 Å². The summed E-state index contributed by atoms with van der Waals surface area (Å²) >= 11 is 6.49. The molecular formula is C33H20ClF2NO3. The van der Waals surface area contributed by atoms with Crippen molar-refractivity contribution in [3.8, 4) is 0 Å². The van der Waals surface area contributed by atoms with Gasteiger partial charge in [0.1, 0.15) is 23.1 Å². The summed E-state index contributed by atoms with van der Waals surface area (Å²) in [4.78, 5) is 45.3. The molecule has 40 heavy (non-hydrogen) atoms. The molecule has 4 aromatic carbocycles. The van der Waals surface area contributed by atoms with Crippen LogP contribution in [0.5, 0.6) is 0 Å². The number of rotatable bonds is 3. The molecule has 1 spiro atoms. The predicted molar refractivity (Wildman–Crippen MR) is 148 cm³/mol. The van der Waals surface area contributed by atoms with E-state index in [0.717, 1.165) is 0 Å². The molecule has 196 valence electrons. The van der Waals surface area contributed by atoms with Crippen molar-refractivity contribution in [3.63, 3.8) is 0 Å². The SMILES string of the molecule is O=C(c1ccccc1Cl)[C@H]1[C@H](c2ccccc2F)C2(C(=O)c3ccccc3C2=O)[C@@H]2C=Cc3cc(F)ccc3N21. The summed E-state index contributed by atoms with van der Waals surface area (Å²) in [5, 5.41) is 0.191. The lowest BCUT2D eigenvalue weighted by molar-refractivity contribution is 0.0664. The Bertz CT molecular complexity index is 1760. The molecule has 1 saturated heterocycles. The first kappa shape index (κ1) is 24.6. The molecule has 0 N–H and O–H groups in total. The lowest BCUT2D eigenvalue weighted by Crippen LogP contribution is -2.48. The number of halogens is 3. The van der Waals surface area contributed by atoms with Crippen LogP contribution in [0.25, 0.3) is 6.08 Å². The zero-order chi connectivity index (χ0) is 27.8. The monoisotopic (exact) mass is 551 g/mol. The molecule has 7 rings (SSSR count). The third-order valence-corrected chi connectivity index (χ3v) is 8.74. The Morgan fingerprint density at radius 2 is 1.48 bits per heavy atom. The average Bonchev–Trinajstić information content (AvgIpc) is 3.39. The third kappa shape index (κ3) is 3.14. The maximum absolute atomic E-state index is 15.8. The van der Waals surface area contributed by atoms with Gasteiger partial charge in [0.15, 0.2) is 17.3 Å². The minimum atomic E-state index is -1.85. The summed E-state index contributed by atoms with van der Waals surface area (Å²) in [6, 6.07) is 20.9. The lowest BCUT2D eigenvalue weighted by Gasteiger charge is -2.37. The second-order valence-electron chi connectivity index (χ2n) is 10.3.